The summed E-state index contributed by atoms with van der Waals surface area (Å²) >= 11 is 7.85. The van der Waals surface area contributed by atoms with Crippen LogP contribution in [0.25, 0.3) is 5.00 Å². The first-order chi connectivity index (χ1) is 16.2. The first kappa shape index (κ1) is 22.9. The highest BCUT2D eigenvalue weighted by Gasteiger charge is 2.35. The maximum atomic E-state index is 13.4. The molecule has 0 radical (unpaired) electrons. The number of thiophene rings is 1. The summed E-state index contributed by atoms with van der Waals surface area (Å²) in [6.45, 7) is 8.52. The molecule has 1 aromatic carbocycles. The van der Waals surface area contributed by atoms with Crippen LogP contribution < -0.4 is 0 Å². The molecule has 7 nitrogen and oxygen atoms in total. The minimum Gasteiger partial charge on any atom is -0.339 e. The number of carbonyl (C=O) groups is 2. The van der Waals surface area contributed by atoms with Crippen LogP contribution >= 0.6 is 22.9 Å². The molecule has 5 rings (SSSR count). The molecule has 176 valence electrons. The normalized spacial score (nSPS) is 20.0. The molecule has 4 heterocycles. The molecule has 2 atom stereocenters. The molecule has 2 aromatic heterocycles. The Morgan fingerprint density at radius 3 is 2.62 bits per heavy atom. The van der Waals surface area contributed by atoms with E-state index in [2.05, 4.69) is 24.0 Å². The van der Waals surface area contributed by atoms with Crippen LogP contribution in [0.3, 0.4) is 0 Å². The Bertz CT molecular complexity index is 1320. The molecule has 9 heteroatoms. The van der Waals surface area contributed by atoms with Crippen LogP contribution in [0.1, 0.15) is 65.4 Å². The monoisotopic (exact) mass is 495 g/mol. The van der Waals surface area contributed by atoms with Crippen molar-refractivity contribution in [3.63, 3.8) is 0 Å². The first-order valence-corrected chi connectivity index (χ1v) is 12.6. The number of benzene rings is 1. The van der Waals surface area contributed by atoms with E-state index >= 15 is 0 Å². The van der Waals surface area contributed by atoms with Crippen molar-refractivity contribution >= 4 is 40.3 Å². The standard InChI is InChI=1S/C25H26ClN5O2S/c1-13-11-19(32)9-10-30(13)21(33)12-20-24-29-28-16(4)31(24)25-22(14(2)15(3)34-25)23(27-20)17-5-7-18(26)8-6-17/h5-8,13,20H,9-12H2,1-4H3/t13?,20-/m0/s1. The van der Waals surface area contributed by atoms with Crippen molar-refractivity contribution in [3.05, 3.63) is 62.5 Å². The average Bonchev–Trinajstić information content (AvgIpc) is 3.26. The van der Waals surface area contributed by atoms with Gasteiger partial charge in [0.15, 0.2) is 5.82 Å². The second-order valence-corrected chi connectivity index (χ2v) is 10.7. The number of hydrogen-bond acceptors (Lipinski definition) is 6. The third kappa shape index (κ3) is 3.88. The molecule has 0 N–H and O–H groups in total. The Morgan fingerprint density at radius 2 is 1.91 bits per heavy atom. The molecule has 0 bridgehead atoms. The number of rotatable bonds is 3. The predicted molar refractivity (Wildman–Crippen MR) is 133 cm³/mol. The molecule has 34 heavy (non-hydrogen) atoms. The van der Waals surface area contributed by atoms with Gasteiger partial charge < -0.3 is 4.90 Å². The molecule has 0 spiro atoms. The Labute approximate surface area is 207 Å². The van der Waals surface area contributed by atoms with Crippen LogP contribution in [0, 0.1) is 20.8 Å². The molecule has 0 aliphatic carbocycles. The summed E-state index contributed by atoms with van der Waals surface area (Å²) < 4.78 is 2.05. The van der Waals surface area contributed by atoms with Crippen LogP contribution in [0.5, 0.6) is 0 Å². The number of carbonyl (C=O) groups excluding carboxylic acids is 2. The topological polar surface area (TPSA) is 80.5 Å². The lowest BCUT2D eigenvalue weighted by atomic mass is 9.99. The Balaban J connectivity index is 1.63. The lowest BCUT2D eigenvalue weighted by Crippen LogP contribution is -2.45. The van der Waals surface area contributed by atoms with Gasteiger partial charge >= 0.3 is 0 Å². The van der Waals surface area contributed by atoms with Crippen molar-refractivity contribution in [2.75, 3.05) is 6.54 Å². The zero-order valence-electron chi connectivity index (χ0n) is 19.6. The van der Waals surface area contributed by atoms with Gasteiger partial charge in [-0.15, -0.1) is 21.5 Å². The minimum absolute atomic E-state index is 0.0189. The van der Waals surface area contributed by atoms with Crippen LogP contribution in [0.2, 0.25) is 5.02 Å². The van der Waals surface area contributed by atoms with Crippen molar-refractivity contribution < 1.29 is 9.59 Å². The third-order valence-corrected chi connectivity index (χ3v) is 8.18. The Hall–Kier alpha value is -2.84. The number of likely N-dealkylation sites (tertiary alicyclic amines) is 1. The van der Waals surface area contributed by atoms with Crippen molar-refractivity contribution in [2.24, 2.45) is 4.99 Å². The summed E-state index contributed by atoms with van der Waals surface area (Å²) in [5.41, 5.74) is 3.97. The second-order valence-electron chi connectivity index (χ2n) is 9.04. The van der Waals surface area contributed by atoms with Gasteiger partial charge in [-0.05, 0) is 45.4 Å². The number of ketones is 1. The molecule has 1 fully saturated rings. The molecule has 2 aliphatic rings. The fraction of sp³-hybridized carbons (Fsp3) is 0.400. The predicted octanol–water partition coefficient (Wildman–Crippen LogP) is 4.77. The average molecular weight is 496 g/mol. The second kappa shape index (κ2) is 8.74. The molecule has 1 saturated heterocycles. The van der Waals surface area contributed by atoms with E-state index in [1.54, 1.807) is 11.3 Å². The fourth-order valence-corrected chi connectivity index (χ4v) is 6.13. The molecule has 0 saturated carbocycles. The third-order valence-electron chi connectivity index (χ3n) is 6.73. The van der Waals surface area contributed by atoms with E-state index in [0.29, 0.717) is 30.2 Å². The zero-order valence-corrected chi connectivity index (χ0v) is 21.2. The highest BCUT2D eigenvalue weighted by molar-refractivity contribution is 7.15. The van der Waals surface area contributed by atoms with Crippen molar-refractivity contribution in [1.82, 2.24) is 19.7 Å². The minimum atomic E-state index is -0.497. The molecular formula is C25H26ClN5O2S. The number of piperidine rings is 1. The van der Waals surface area contributed by atoms with Gasteiger partial charge in [-0.1, -0.05) is 23.7 Å². The highest BCUT2D eigenvalue weighted by Crippen LogP contribution is 2.39. The first-order valence-electron chi connectivity index (χ1n) is 11.4. The molecule has 2 aliphatic heterocycles. The van der Waals surface area contributed by atoms with Gasteiger partial charge in [0.2, 0.25) is 5.91 Å². The fourth-order valence-electron chi connectivity index (χ4n) is 4.79. The van der Waals surface area contributed by atoms with E-state index in [1.807, 2.05) is 47.6 Å². The van der Waals surface area contributed by atoms with Gasteiger partial charge in [0.05, 0.1) is 12.1 Å². The summed E-state index contributed by atoms with van der Waals surface area (Å²) in [5, 5.41) is 10.5. The summed E-state index contributed by atoms with van der Waals surface area (Å²) in [6, 6.07) is 7.04. The van der Waals surface area contributed by atoms with Gasteiger partial charge in [0.1, 0.15) is 22.7 Å². The number of nitrogens with zero attached hydrogens (tertiary/aromatic N) is 5. The summed E-state index contributed by atoms with van der Waals surface area (Å²) in [4.78, 5) is 33.4. The molecule has 1 unspecified atom stereocenters. The van der Waals surface area contributed by atoms with Gasteiger partial charge in [0.25, 0.3) is 0 Å². The Kier molecular flexibility index (Phi) is 5.90. The van der Waals surface area contributed by atoms with Crippen LogP contribution in [-0.2, 0) is 9.59 Å². The Morgan fingerprint density at radius 1 is 1.18 bits per heavy atom. The van der Waals surface area contributed by atoms with E-state index < -0.39 is 6.04 Å². The molecule has 3 aromatic rings. The summed E-state index contributed by atoms with van der Waals surface area (Å²) in [6.07, 6.45) is 0.979. The number of fused-ring (bicyclic) bond motifs is 3. The lowest BCUT2D eigenvalue weighted by Gasteiger charge is -2.33. The van der Waals surface area contributed by atoms with Gasteiger partial charge in [-0.25, -0.2) is 0 Å². The van der Waals surface area contributed by atoms with E-state index in [9.17, 15) is 9.59 Å². The van der Waals surface area contributed by atoms with E-state index in [4.69, 9.17) is 16.6 Å². The van der Waals surface area contributed by atoms with Crippen LogP contribution in [0.15, 0.2) is 29.3 Å². The van der Waals surface area contributed by atoms with E-state index in [1.165, 1.54) is 4.88 Å². The van der Waals surface area contributed by atoms with E-state index in [-0.39, 0.29) is 24.2 Å². The van der Waals surface area contributed by atoms with Gasteiger partial charge in [-0.2, -0.15) is 0 Å². The van der Waals surface area contributed by atoms with Crippen molar-refractivity contribution in [1.29, 1.82) is 0 Å². The number of hydrogen-bond donors (Lipinski definition) is 0. The van der Waals surface area contributed by atoms with Crippen LogP contribution in [0.4, 0.5) is 0 Å². The van der Waals surface area contributed by atoms with Crippen LogP contribution in [-0.4, -0.2) is 49.7 Å². The SMILES string of the molecule is Cc1sc2c(c1C)C(c1ccc(Cl)cc1)=N[C@@H](CC(=O)N1CCC(=O)CC1C)c1nnc(C)n1-2. The van der Waals surface area contributed by atoms with Crippen molar-refractivity contribution in [3.8, 4) is 5.00 Å². The van der Waals surface area contributed by atoms with E-state index in [0.717, 1.165) is 33.2 Å². The molecular weight excluding hydrogens is 470 g/mol. The van der Waals surface area contributed by atoms with Crippen molar-refractivity contribution in [2.45, 2.75) is 59.0 Å². The lowest BCUT2D eigenvalue weighted by molar-refractivity contribution is -0.137. The largest absolute Gasteiger partial charge is 0.339 e. The number of aromatic nitrogens is 3. The maximum Gasteiger partial charge on any atom is 0.225 e. The summed E-state index contributed by atoms with van der Waals surface area (Å²) in [5.74, 6) is 1.62. The van der Waals surface area contributed by atoms with Gasteiger partial charge in [-0.3, -0.25) is 19.1 Å². The number of halogens is 1. The number of aryl methyl sites for hydroxylation is 2. The zero-order chi connectivity index (χ0) is 24.1. The smallest absolute Gasteiger partial charge is 0.225 e. The quantitative estimate of drug-likeness (QED) is 0.524. The summed E-state index contributed by atoms with van der Waals surface area (Å²) in [7, 11) is 0. The number of Topliss-reactive ketones (excluding diaryl/α,β-unsaturated/α-hetero) is 1. The number of amides is 1. The number of aliphatic imine (C=N–C) groups is 1. The highest BCUT2D eigenvalue weighted by atomic mass is 35.5. The maximum absolute atomic E-state index is 13.4. The molecule has 1 amide bonds. The van der Waals surface area contributed by atoms with Gasteiger partial charge in [0, 0.05) is 46.5 Å².